The third-order valence-electron chi connectivity index (χ3n) is 5.57. The number of rotatable bonds is 10. The Bertz CT molecular complexity index is 1420. The van der Waals surface area contributed by atoms with Crippen molar-refractivity contribution in [3.63, 3.8) is 0 Å². The second-order valence-electron chi connectivity index (χ2n) is 8.39. The van der Waals surface area contributed by atoms with Crippen LogP contribution in [0.2, 0.25) is 0 Å². The number of phenolic OH excluding ortho intramolecular Hbond substituents is 1. The van der Waals surface area contributed by atoms with E-state index >= 15 is 0 Å². The maximum absolute atomic E-state index is 12.2. The molecular weight excluding hydrogens is 472 g/mol. The fraction of sp³-hybridized carbons (Fsp3) is 0.179. The molecule has 0 aliphatic carbocycles. The Morgan fingerprint density at radius 1 is 1.00 bits per heavy atom. The molecule has 186 valence electrons. The molecule has 0 saturated carbocycles. The number of anilines is 3. The Kier molecular flexibility index (Phi) is 7.75. The number of nitrogens with one attached hydrogen (secondary N) is 3. The van der Waals surface area contributed by atoms with Gasteiger partial charge in [-0.2, -0.15) is 0 Å². The predicted octanol–water partition coefficient (Wildman–Crippen LogP) is 6.29. The van der Waals surface area contributed by atoms with Crippen LogP contribution in [0, 0.1) is 4.78 Å². The number of hydrogen-bond donors (Lipinski definition) is 4. The zero-order valence-electron chi connectivity index (χ0n) is 20.3. The molecule has 0 aliphatic heterocycles. The van der Waals surface area contributed by atoms with Crippen LogP contribution in [0.5, 0.6) is 11.5 Å². The summed E-state index contributed by atoms with van der Waals surface area (Å²) in [6.45, 7) is 3.22. The van der Waals surface area contributed by atoms with E-state index in [0.29, 0.717) is 29.6 Å². The molecule has 1 atom stereocenters. The van der Waals surface area contributed by atoms with Crippen LogP contribution in [0.3, 0.4) is 0 Å². The monoisotopic (exact) mass is 502 g/mol. The Morgan fingerprint density at radius 2 is 1.75 bits per heavy atom. The van der Waals surface area contributed by atoms with Crippen LogP contribution in [0.4, 0.5) is 17.3 Å². The fourth-order valence-corrected chi connectivity index (χ4v) is 4.44. The van der Waals surface area contributed by atoms with Gasteiger partial charge in [-0.1, -0.05) is 30.3 Å². The number of benzene rings is 3. The van der Waals surface area contributed by atoms with Crippen molar-refractivity contribution in [1.82, 2.24) is 4.98 Å². The molecule has 8 heteroatoms. The second kappa shape index (κ2) is 11.1. The second-order valence-corrected chi connectivity index (χ2v) is 10.5. The van der Waals surface area contributed by atoms with Crippen molar-refractivity contribution in [2.75, 3.05) is 30.0 Å². The molecule has 0 fully saturated rings. The van der Waals surface area contributed by atoms with Crippen LogP contribution >= 0.6 is 0 Å². The van der Waals surface area contributed by atoms with Crippen LogP contribution in [0.15, 0.2) is 89.8 Å². The molecule has 3 aromatic carbocycles. The number of pyridine rings is 1. The molecule has 0 saturated heterocycles. The smallest absolute Gasteiger partial charge is 0.136 e. The average molecular weight is 503 g/mol. The minimum atomic E-state index is -2.82. The summed E-state index contributed by atoms with van der Waals surface area (Å²) in [4.78, 5) is 5.29. The van der Waals surface area contributed by atoms with Crippen molar-refractivity contribution in [1.29, 1.82) is 4.78 Å². The van der Waals surface area contributed by atoms with E-state index in [1.54, 1.807) is 30.3 Å². The lowest BCUT2D eigenvalue weighted by Gasteiger charge is -2.15. The van der Waals surface area contributed by atoms with Gasteiger partial charge in [0.25, 0.3) is 0 Å². The van der Waals surface area contributed by atoms with E-state index in [4.69, 9.17) is 14.5 Å². The summed E-state index contributed by atoms with van der Waals surface area (Å²) in [5.41, 5.74) is 3.77. The lowest BCUT2D eigenvalue weighted by molar-refractivity contribution is 0.340. The number of aromatic nitrogens is 1. The molecule has 0 radical (unpaired) electrons. The molecular formula is C28H30N4O3S. The van der Waals surface area contributed by atoms with Gasteiger partial charge in [-0.05, 0) is 79.1 Å². The lowest BCUT2D eigenvalue weighted by Crippen LogP contribution is -2.08. The molecule has 0 bridgehead atoms. The van der Waals surface area contributed by atoms with E-state index in [0.717, 1.165) is 34.7 Å². The van der Waals surface area contributed by atoms with Crippen LogP contribution in [0.25, 0.3) is 11.1 Å². The quantitative estimate of drug-likeness (QED) is 0.203. The Labute approximate surface area is 212 Å². The lowest BCUT2D eigenvalue weighted by atomic mass is 10.1. The van der Waals surface area contributed by atoms with Gasteiger partial charge in [0, 0.05) is 28.9 Å². The summed E-state index contributed by atoms with van der Waals surface area (Å²) in [6.07, 6.45) is 2.17. The van der Waals surface area contributed by atoms with Crippen molar-refractivity contribution in [2.45, 2.75) is 18.2 Å². The van der Waals surface area contributed by atoms with Crippen LogP contribution in [-0.2, 0) is 16.1 Å². The summed E-state index contributed by atoms with van der Waals surface area (Å²) in [5.74, 6) is 2.41. The number of nitrogens with zero attached hydrogens (tertiary/aromatic N) is 1. The maximum atomic E-state index is 12.2. The Balaban J connectivity index is 1.60. The summed E-state index contributed by atoms with van der Waals surface area (Å²) >= 11 is 0. The Morgan fingerprint density at radius 3 is 2.44 bits per heavy atom. The first-order chi connectivity index (χ1) is 17.3. The summed E-state index contributed by atoms with van der Waals surface area (Å²) in [7, 11) is -2.82. The molecule has 4 N–H and O–H groups in total. The van der Waals surface area contributed by atoms with Gasteiger partial charge in [0.05, 0.1) is 16.3 Å². The molecule has 0 aliphatic rings. The van der Waals surface area contributed by atoms with E-state index < -0.39 is 9.73 Å². The summed E-state index contributed by atoms with van der Waals surface area (Å²) in [6, 6.07) is 26.0. The minimum Gasteiger partial charge on any atom is -0.508 e. The molecule has 1 heterocycles. The van der Waals surface area contributed by atoms with Crippen molar-refractivity contribution in [3.05, 3.63) is 90.5 Å². The highest BCUT2D eigenvalue weighted by Gasteiger charge is 2.10. The molecule has 0 spiro atoms. The SMILES string of the molecule is CCOc1ccc(-c2ccc(Nc3cccc(S(C)(=N)=O)c3)nc2NCCc2ccc(O)cc2)cc1. The van der Waals surface area contributed by atoms with E-state index in [9.17, 15) is 9.32 Å². The zero-order valence-corrected chi connectivity index (χ0v) is 21.1. The van der Waals surface area contributed by atoms with Gasteiger partial charge in [-0.3, -0.25) is 0 Å². The fourth-order valence-electron chi connectivity index (χ4n) is 3.75. The third kappa shape index (κ3) is 6.55. The highest BCUT2D eigenvalue weighted by Crippen LogP contribution is 2.31. The zero-order chi connectivity index (χ0) is 25.5. The minimum absolute atomic E-state index is 0.248. The van der Waals surface area contributed by atoms with Gasteiger partial charge in [-0.25, -0.2) is 14.0 Å². The molecule has 1 unspecified atom stereocenters. The van der Waals surface area contributed by atoms with Crippen LogP contribution < -0.4 is 15.4 Å². The van der Waals surface area contributed by atoms with Gasteiger partial charge in [-0.15, -0.1) is 0 Å². The van der Waals surface area contributed by atoms with Crippen LogP contribution in [-0.4, -0.2) is 33.7 Å². The number of aromatic hydroxyl groups is 1. The number of phenols is 1. The van der Waals surface area contributed by atoms with Crippen molar-refractivity contribution in [3.8, 4) is 22.6 Å². The van der Waals surface area contributed by atoms with Crippen molar-refractivity contribution in [2.24, 2.45) is 0 Å². The highest BCUT2D eigenvalue weighted by atomic mass is 32.2. The van der Waals surface area contributed by atoms with Crippen molar-refractivity contribution < 1.29 is 14.1 Å². The van der Waals surface area contributed by atoms with Gasteiger partial charge in [0.2, 0.25) is 0 Å². The molecule has 4 aromatic rings. The maximum Gasteiger partial charge on any atom is 0.136 e. The topological polar surface area (TPSA) is 107 Å². The third-order valence-corrected chi connectivity index (χ3v) is 6.72. The van der Waals surface area contributed by atoms with E-state index in [1.165, 1.54) is 6.26 Å². The van der Waals surface area contributed by atoms with Gasteiger partial charge in [0.15, 0.2) is 0 Å². The van der Waals surface area contributed by atoms with E-state index in [2.05, 4.69) is 10.6 Å². The van der Waals surface area contributed by atoms with E-state index in [-0.39, 0.29) is 5.75 Å². The largest absolute Gasteiger partial charge is 0.508 e. The normalized spacial score (nSPS) is 12.5. The molecule has 4 rings (SSSR count). The first kappa shape index (κ1) is 25.1. The van der Waals surface area contributed by atoms with Gasteiger partial charge >= 0.3 is 0 Å². The summed E-state index contributed by atoms with van der Waals surface area (Å²) < 4.78 is 25.6. The first-order valence-corrected chi connectivity index (χ1v) is 13.7. The first-order valence-electron chi connectivity index (χ1n) is 11.7. The Hall–Kier alpha value is -4.04. The molecule has 0 amide bonds. The van der Waals surface area contributed by atoms with Gasteiger partial charge in [0.1, 0.15) is 23.1 Å². The average Bonchev–Trinajstić information content (AvgIpc) is 2.86. The predicted molar refractivity (Wildman–Crippen MR) is 146 cm³/mol. The molecule has 1 aromatic heterocycles. The molecule has 36 heavy (non-hydrogen) atoms. The summed E-state index contributed by atoms with van der Waals surface area (Å²) in [5, 5.41) is 16.2. The molecule has 7 nitrogen and oxygen atoms in total. The van der Waals surface area contributed by atoms with E-state index in [1.807, 2.05) is 61.5 Å². The number of hydrogen-bond acceptors (Lipinski definition) is 7. The number of ether oxygens (including phenoxy) is 1. The standard InChI is InChI=1S/C28H30N4O3S/c1-3-35-24-13-9-21(10-14-24)26-15-16-27(31-22-5-4-6-25(19-22)36(2,29)34)32-28(26)30-18-17-20-7-11-23(33)12-8-20/h4-16,19,29,33H,3,17-18H2,1-2H3,(H2,30,31,32). The van der Waals surface area contributed by atoms with Crippen molar-refractivity contribution >= 4 is 27.1 Å². The highest BCUT2D eigenvalue weighted by molar-refractivity contribution is 7.91. The van der Waals surface area contributed by atoms with Crippen LogP contribution in [0.1, 0.15) is 12.5 Å². The van der Waals surface area contributed by atoms with Gasteiger partial charge < -0.3 is 20.5 Å².